The first-order chi connectivity index (χ1) is 8.74. The van der Waals surface area contributed by atoms with E-state index in [4.69, 9.17) is 15.6 Å². The Labute approximate surface area is 106 Å². The third-order valence-corrected chi connectivity index (χ3v) is 2.53. The van der Waals surface area contributed by atoms with E-state index in [2.05, 4.69) is 10.3 Å². The number of ether oxygens (including phenoxy) is 1. The van der Waals surface area contributed by atoms with Gasteiger partial charge in [0.1, 0.15) is 0 Å². The molecule has 0 aromatic carbocycles. The highest BCUT2D eigenvalue weighted by molar-refractivity contribution is 5.88. The average Bonchev–Trinajstić information content (AvgIpc) is 2.78. The molecule has 1 aromatic rings. The molecule has 0 bridgehead atoms. The van der Waals surface area contributed by atoms with Crippen molar-refractivity contribution in [1.82, 2.24) is 15.0 Å². The first-order valence-electron chi connectivity index (χ1n) is 6.15. The zero-order chi connectivity index (χ0) is 13.4. The number of aliphatic hydroxyl groups excluding tert-OH is 1. The van der Waals surface area contributed by atoms with Gasteiger partial charge in [-0.1, -0.05) is 5.21 Å². The second-order valence-corrected chi connectivity index (χ2v) is 3.82. The number of aromatic nitrogens is 3. The number of rotatable bonds is 8. The Morgan fingerprint density at radius 2 is 2.22 bits per heavy atom. The molecule has 0 aliphatic heterocycles. The molecule has 0 spiro atoms. The van der Waals surface area contributed by atoms with Gasteiger partial charge in [0.05, 0.1) is 12.3 Å². The lowest BCUT2D eigenvalue weighted by molar-refractivity contribution is 0.0518. The van der Waals surface area contributed by atoms with Crippen LogP contribution in [0.4, 0.5) is 0 Å². The van der Waals surface area contributed by atoms with Crippen molar-refractivity contribution >= 4 is 5.97 Å². The molecule has 0 fully saturated rings. The maximum atomic E-state index is 11.6. The van der Waals surface area contributed by atoms with Crippen LogP contribution >= 0.6 is 0 Å². The number of unbranched alkanes of at least 4 members (excludes halogenated alkanes) is 2. The minimum absolute atomic E-state index is 0.190. The van der Waals surface area contributed by atoms with E-state index in [1.165, 1.54) is 0 Å². The molecule has 0 saturated heterocycles. The number of carbonyl (C=O) groups is 1. The van der Waals surface area contributed by atoms with Crippen LogP contribution in [0.2, 0.25) is 0 Å². The maximum Gasteiger partial charge on any atom is 0.360 e. The molecule has 1 rings (SSSR count). The van der Waals surface area contributed by atoms with Gasteiger partial charge in [-0.3, -0.25) is 0 Å². The van der Waals surface area contributed by atoms with Gasteiger partial charge in [0.15, 0.2) is 5.69 Å². The van der Waals surface area contributed by atoms with Crippen molar-refractivity contribution in [3.8, 4) is 0 Å². The van der Waals surface area contributed by atoms with Crippen LogP contribution in [0.25, 0.3) is 0 Å². The molecule has 0 atom stereocenters. The van der Waals surface area contributed by atoms with E-state index in [0.29, 0.717) is 18.8 Å². The smallest absolute Gasteiger partial charge is 0.360 e. The van der Waals surface area contributed by atoms with Crippen LogP contribution in [0.1, 0.15) is 42.4 Å². The first kappa shape index (κ1) is 14.6. The van der Waals surface area contributed by atoms with Crippen LogP contribution in [-0.4, -0.2) is 39.3 Å². The quantitative estimate of drug-likeness (QED) is 0.504. The molecule has 7 nitrogen and oxygen atoms in total. The largest absolute Gasteiger partial charge is 0.461 e. The van der Waals surface area contributed by atoms with Crippen molar-refractivity contribution < 1.29 is 14.6 Å². The van der Waals surface area contributed by atoms with E-state index in [-0.39, 0.29) is 18.8 Å². The van der Waals surface area contributed by atoms with Crippen LogP contribution in [-0.2, 0) is 17.8 Å². The van der Waals surface area contributed by atoms with Crippen LogP contribution in [0.5, 0.6) is 0 Å². The monoisotopic (exact) mass is 256 g/mol. The zero-order valence-corrected chi connectivity index (χ0v) is 10.6. The normalized spacial score (nSPS) is 10.6. The molecule has 0 saturated carbocycles. The van der Waals surface area contributed by atoms with Gasteiger partial charge in [-0.25, -0.2) is 9.48 Å². The lowest BCUT2D eigenvalue weighted by Gasteiger charge is -2.05. The lowest BCUT2D eigenvalue weighted by atomic mass is 10.2. The van der Waals surface area contributed by atoms with E-state index in [9.17, 15) is 4.79 Å². The van der Waals surface area contributed by atoms with Crippen molar-refractivity contribution in [3.05, 3.63) is 11.4 Å². The molecular formula is C11H20N4O3. The van der Waals surface area contributed by atoms with Crippen molar-refractivity contribution in [1.29, 1.82) is 0 Å². The first-order valence-corrected chi connectivity index (χ1v) is 6.15. The molecule has 7 heteroatoms. The number of hydrogen-bond donors (Lipinski definition) is 2. The summed E-state index contributed by atoms with van der Waals surface area (Å²) in [5.74, 6) is -0.487. The number of aryl methyl sites for hydroxylation is 1. The minimum Gasteiger partial charge on any atom is -0.461 e. The van der Waals surface area contributed by atoms with Gasteiger partial charge in [-0.2, -0.15) is 0 Å². The molecule has 18 heavy (non-hydrogen) atoms. The van der Waals surface area contributed by atoms with Crippen molar-refractivity contribution in [2.75, 3.05) is 13.2 Å². The number of esters is 1. The van der Waals surface area contributed by atoms with Crippen molar-refractivity contribution in [2.24, 2.45) is 5.73 Å². The van der Waals surface area contributed by atoms with E-state index < -0.39 is 5.97 Å². The molecule has 1 heterocycles. The van der Waals surface area contributed by atoms with Gasteiger partial charge < -0.3 is 15.6 Å². The highest BCUT2D eigenvalue weighted by Crippen LogP contribution is 2.08. The Balaban J connectivity index is 2.66. The molecule has 0 unspecified atom stereocenters. The number of aliphatic hydroxyl groups is 1. The summed E-state index contributed by atoms with van der Waals surface area (Å²) < 4.78 is 6.51. The Bertz CT molecular complexity index is 378. The van der Waals surface area contributed by atoms with Gasteiger partial charge in [0.2, 0.25) is 0 Å². The van der Waals surface area contributed by atoms with Crippen molar-refractivity contribution in [3.63, 3.8) is 0 Å². The van der Waals surface area contributed by atoms with E-state index in [1.54, 1.807) is 11.6 Å². The summed E-state index contributed by atoms with van der Waals surface area (Å²) in [6, 6.07) is 0. The predicted octanol–water partition coefficient (Wildman–Crippen LogP) is 0.0761. The molecule has 102 valence electrons. The molecule has 1 aromatic heterocycles. The maximum absolute atomic E-state index is 11.6. The summed E-state index contributed by atoms with van der Waals surface area (Å²) in [6.45, 7) is 3.06. The Kier molecular flexibility index (Phi) is 6.31. The van der Waals surface area contributed by atoms with Crippen LogP contribution < -0.4 is 5.73 Å². The number of nitrogens with zero attached hydrogens (tertiary/aromatic N) is 3. The fourth-order valence-electron chi connectivity index (χ4n) is 1.62. The van der Waals surface area contributed by atoms with Crippen LogP contribution in [0.3, 0.4) is 0 Å². The predicted molar refractivity (Wildman–Crippen MR) is 64.8 cm³/mol. The third kappa shape index (κ3) is 3.78. The summed E-state index contributed by atoms with van der Waals surface area (Å²) in [4.78, 5) is 11.6. The van der Waals surface area contributed by atoms with Gasteiger partial charge in [0, 0.05) is 19.7 Å². The van der Waals surface area contributed by atoms with Gasteiger partial charge in [-0.15, -0.1) is 5.10 Å². The topological polar surface area (TPSA) is 103 Å². The van der Waals surface area contributed by atoms with Gasteiger partial charge in [0.25, 0.3) is 0 Å². The number of nitrogens with two attached hydrogens (primary N) is 1. The second kappa shape index (κ2) is 7.78. The summed E-state index contributed by atoms with van der Waals surface area (Å²) in [5, 5.41) is 16.4. The molecule has 0 amide bonds. The molecule has 0 aliphatic rings. The molecule has 3 N–H and O–H groups in total. The third-order valence-electron chi connectivity index (χ3n) is 2.53. The number of hydrogen-bond acceptors (Lipinski definition) is 6. The SMILES string of the molecule is CCOC(=O)c1nnn(CCCCCO)c1CN. The van der Waals surface area contributed by atoms with Gasteiger partial charge >= 0.3 is 5.97 Å². The summed E-state index contributed by atoms with van der Waals surface area (Å²) in [6.07, 6.45) is 2.52. The minimum atomic E-state index is -0.487. The fourth-order valence-corrected chi connectivity index (χ4v) is 1.62. The second-order valence-electron chi connectivity index (χ2n) is 3.82. The highest BCUT2D eigenvalue weighted by atomic mass is 16.5. The van der Waals surface area contributed by atoms with Crippen LogP contribution in [0.15, 0.2) is 0 Å². The molecule has 0 radical (unpaired) electrons. The standard InChI is InChI=1S/C11H20N4O3/c1-2-18-11(17)10-9(8-12)15(14-13-10)6-4-3-5-7-16/h16H,2-8,12H2,1H3. The highest BCUT2D eigenvalue weighted by Gasteiger charge is 2.19. The summed E-state index contributed by atoms with van der Waals surface area (Å²) in [7, 11) is 0. The molecule has 0 aliphatic carbocycles. The Hall–Kier alpha value is -1.47. The number of carbonyl (C=O) groups excluding carboxylic acids is 1. The Morgan fingerprint density at radius 3 is 2.83 bits per heavy atom. The lowest BCUT2D eigenvalue weighted by Crippen LogP contribution is -2.14. The summed E-state index contributed by atoms with van der Waals surface area (Å²) in [5.41, 5.74) is 6.40. The van der Waals surface area contributed by atoms with Crippen molar-refractivity contribution in [2.45, 2.75) is 39.3 Å². The van der Waals surface area contributed by atoms with E-state index in [1.807, 2.05) is 0 Å². The van der Waals surface area contributed by atoms with E-state index in [0.717, 1.165) is 19.3 Å². The summed E-state index contributed by atoms with van der Waals surface area (Å²) >= 11 is 0. The Morgan fingerprint density at radius 1 is 1.44 bits per heavy atom. The van der Waals surface area contributed by atoms with E-state index >= 15 is 0 Å². The zero-order valence-electron chi connectivity index (χ0n) is 10.6. The fraction of sp³-hybridized carbons (Fsp3) is 0.727. The molecular weight excluding hydrogens is 236 g/mol. The van der Waals surface area contributed by atoms with Crippen LogP contribution in [0, 0.1) is 0 Å². The average molecular weight is 256 g/mol. The van der Waals surface area contributed by atoms with Gasteiger partial charge in [-0.05, 0) is 26.2 Å².